The predicted molar refractivity (Wildman–Crippen MR) is 123 cm³/mol. The first kappa shape index (κ1) is 22.3. The van der Waals surface area contributed by atoms with Crippen molar-refractivity contribution < 1.29 is 9.72 Å². The summed E-state index contributed by atoms with van der Waals surface area (Å²) in [5.41, 5.74) is 3.13. The zero-order chi connectivity index (χ0) is 22.7. The monoisotopic (exact) mass is 498 g/mol. The van der Waals surface area contributed by atoms with Crippen LogP contribution in [-0.4, -0.2) is 15.4 Å². The molecule has 0 atom stereocenters. The van der Waals surface area contributed by atoms with Crippen molar-refractivity contribution >= 4 is 50.9 Å². The summed E-state index contributed by atoms with van der Waals surface area (Å²) in [5.74, 6) is -0.710. The number of halogens is 2. The Kier molecular flexibility index (Phi) is 6.59. The maximum Gasteiger partial charge on any atom is 0.271 e. The number of nitriles is 1. The first-order chi connectivity index (χ1) is 14.7. The molecular formula is C22H16BrClN4O3. The van der Waals surface area contributed by atoms with Gasteiger partial charge in [-0.15, -0.1) is 0 Å². The number of nitro groups is 1. The summed E-state index contributed by atoms with van der Waals surface area (Å²) in [6.07, 6.45) is 1.48. The minimum absolute atomic E-state index is 0.0577. The first-order valence-electron chi connectivity index (χ1n) is 9.03. The molecular weight excluding hydrogens is 484 g/mol. The van der Waals surface area contributed by atoms with Gasteiger partial charge in [-0.3, -0.25) is 14.9 Å². The smallest absolute Gasteiger partial charge is 0.271 e. The van der Waals surface area contributed by atoms with E-state index in [1.54, 1.807) is 0 Å². The van der Waals surface area contributed by atoms with Crippen molar-refractivity contribution in [2.45, 2.75) is 13.8 Å². The van der Waals surface area contributed by atoms with Crippen LogP contribution in [0.25, 0.3) is 11.8 Å². The average molecular weight is 500 g/mol. The van der Waals surface area contributed by atoms with Crippen molar-refractivity contribution in [2.24, 2.45) is 0 Å². The van der Waals surface area contributed by atoms with Gasteiger partial charge in [0.15, 0.2) is 0 Å². The third-order valence-electron chi connectivity index (χ3n) is 4.63. The lowest BCUT2D eigenvalue weighted by Gasteiger charge is -2.10. The minimum Gasteiger partial charge on any atom is -0.320 e. The van der Waals surface area contributed by atoms with Crippen LogP contribution >= 0.6 is 27.5 Å². The van der Waals surface area contributed by atoms with Crippen LogP contribution in [0.4, 0.5) is 11.4 Å². The fourth-order valence-electron chi connectivity index (χ4n) is 3.14. The first-order valence-corrected chi connectivity index (χ1v) is 10.2. The summed E-state index contributed by atoms with van der Waals surface area (Å²) in [7, 11) is 0. The van der Waals surface area contributed by atoms with Crippen LogP contribution < -0.4 is 5.32 Å². The molecule has 0 saturated heterocycles. The van der Waals surface area contributed by atoms with E-state index in [4.69, 9.17) is 11.6 Å². The fourth-order valence-corrected chi connectivity index (χ4v) is 3.57. The number of non-ortho nitro benzene ring substituents is 1. The van der Waals surface area contributed by atoms with Gasteiger partial charge in [0.1, 0.15) is 11.6 Å². The normalized spacial score (nSPS) is 11.1. The number of hydrogen-bond donors (Lipinski definition) is 1. The molecule has 2 aromatic carbocycles. The van der Waals surface area contributed by atoms with Crippen LogP contribution in [-0.2, 0) is 4.79 Å². The van der Waals surface area contributed by atoms with E-state index < -0.39 is 10.8 Å². The summed E-state index contributed by atoms with van der Waals surface area (Å²) in [6, 6.07) is 15.2. The number of amides is 1. The lowest BCUT2D eigenvalue weighted by atomic mass is 10.1. The fraction of sp³-hybridized carbons (Fsp3) is 0.0909. The quantitative estimate of drug-likeness (QED) is 0.202. The second-order valence-corrected chi connectivity index (χ2v) is 8.01. The predicted octanol–water partition coefficient (Wildman–Crippen LogP) is 5.96. The van der Waals surface area contributed by atoms with Crippen LogP contribution in [0.1, 0.15) is 17.0 Å². The number of benzene rings is 2. The number of hydrogen-bond acceptors (Lipinski definition) is 4. The van der Waals surface area contributed by atoms with Crippen molar-refractivity contribution in [2.75, 3.05) is 5.32 Å². The van der Waals surface area contributed by atoms with E-state index in [1.807, 2.05) is 54.8 Å². The Bertz CT molecular complexity index is 1260. The molecule has 0 spiro atoms. The molecule has 0 fully saturated rings. The van der Waals surface area contributed by atoms with E-state index in [0.717, 1.165) is 27.6 Å². The minimum atomic E-state index is -0.710. The third-order valence-corrected chi connectivity index (χ3v) is 5.49. The van der Waals surface area contributed by atoms with Crippen molar-refractivity contribution in [3.05, 3.63) is 90.7 Å². The Labute approximate surface area is 191 Å². The van der Waals surface area contributed by atoms with E-state index in [1.165, 1.54) is 18.2 Å². The summed E-state index contributed by atoms with van der Waals surface area (Å²) in [4.78, 5) is 23.0. The van der Waals surface area contributed by atoms with Crippen LogP contribution in [0, 0.1) is 35.3 Å². The zero-order valence-corrected chi connectivity index (χ0v) is 18.9. The van der Waals surface area contributed by atoms with Gasteiger partial charge < -0.3 is 9.88 Å². The van der Waals surface area contributed by atoms with E-state index in [9.17, 15) is 20.2 Å². The van der Waals surface area contributed by atoms with Gasteiger partial charge in [0, 0.05) is 33.7 Å². The molecule has 7 nitrogen and oxygen atoms in total. The third kappa shape index (κ3) is 4.85. The Hall–Kier alpha value is -3.41. The maximum atomic E-state index is 12.6. The Balaban J connectivity index is 1.94. The lowest BCUT2D eigenvalue weighted by Crippen LogP contribution is -2.14. The number of nitro benzene ring substituents is 1. The SMILES string of the molecule is Cc1cc(/C=C(\C#N)C(=O)Nc2cc([N+](=O)[O-])ccc2Cl)c(C)n1-c1ccc(Br)cc1. The maximum absolute atomic E-state index is 12.6. The Morgan fingerprint density at radius 2 is 1.90 bits per heavy atom. The molecule has 0 bridgehead atoms. The molecule has 31 heavy (non-hydrogen) atoms. The second-order valence-electron chi connectivity index (χ2n) is 6.68. The van der Waals surface area contributed by atoms with Crippen molar-refractivity contribution in [3.63, 3.8) is 0 Å². The van der Waals surface area contributed by atoms with E-state index in [2.05, 4.69) is 21.2 Å². The summed E-state index contributed by atoms with van der Waals surface area (Å²) >= 11 is 9.45. The largest absolute Gasteiger partial charge is 0.320 e. The highest BCUT2D eigenvalue weighted by Gasteiger charge is 2.17. The molecule has 3 rings (SSSR count). The molecule has 0 saturated carbocycles. The highest BCUT2D eigenvalue weighted by atomic mass is 79.9. The van der Waals surface area contributed by atoms with Gasteiger partial charge in [-0.1, -0.05) is 27.5 Å². The van der Waals surface area contributed by atoms with Crippen LogP contribution in [0.5, 0.6) is 0 Å². The van der Waals surface area contributed by atoms with Gasteiger partial charge in [-0.2, -0.15) is 5.26 Å². The van der Waals surface area contributed by atoms with Gasteiger partial charge in [0.05, 0.1) is 15.6 Å². The number of nitrogens with one attached hydrogen (secondary N) is 1. The number of rotatable bonds is 5. The molecule has 1 aromatic heterocycles. The number of nitrogens with zero attached hydrogens (tertiary/aromatic N) is 3. The topological polar surface area (TPSA) is 101 Å². The molecule has 1 N–H and O–H groups in total. The Morgan fingerprint density at radius 1 is 1.23 bits per heavy atom. The molecule has 156 valence electrons. The molecule has 0 aliphatic rings. The van der Waals surface area contributed by atoms with Crippen LogP contribution in [0.3, 0.4) is 0 Å². The summed E-state index contributed by atoms with van der Waals surface area (Å²) in [5, 5.41) is 23.1. The second kappa shape index (κ2) is 9.16. The van der Waals surface area contributed by atoms with E-state index in [0.29, 0.717) is 5.56 Å². The molecule has 0 aliphatic heterocycles. The van der Waals surface area contributed by atoms with Gasteiger partial charge >= 0.3 is 0 Å². The zero-order valence-electron chi connectivity index (χ0n) is 16.5. The molecule has 1 amide bonds. The molecule has 9 heteroatoms. The van der Waals surface area contributed by atoms with E-state index in [-0.39, 0.29) is 22.0 Å². The highest BCUT2D eigenvalue weighted by Crippen LogP contribution is 2.28. The van der Waals surface area contributed by atoms with Crippen molar-refractivity contribution in [1.29, 1.82) is 5.26 Å². The van der Waals surface area contributed by atoms with Gasteiger partial charge in [0.25, 0.3) is 11.6 Å². The average Bonchev–Trinajstić information content (AvgIpc) is 3.01. The number of carbonyl (C=O) groups is 1. The van der Waals surface area contributed by atoms with Crippen molar-refractivity contribution in [1.82, 2.24) is 4.57 Å². The standard InChI is InChI=1S/C22H16BrClN4O3/c1-13-9-15(14(2)27(13)18-5-3-17(23)4-6-18)10-16(12-25)22(29)26-21-11-19(28(30)31)7-8-20(21)24/h3-11H,1-2H3,(H,26,29)/b16-10+. The number of carbonyl (C=O) groups excluding carboxylic acids is 1. The molecule has 0 aliphatic carbocycles. The van der Waals surface area contributed by atoms with E-state index >= 15 is 0 Å². The number of anilines is 1. The number of aromatic nitrogens is 1. The van der Waals surface area contributed by atoms with Gasteiger partial charge in [0.2, 0.25) is 0 Å². The summed E-state index contributed by atoms with van der Waals surface area (Å²) in [6.45, 7) is 3.83. The van der Waals surface area contributed by atoms with Crippen LogP contribution in [0.2, 0.25) is 5.02 Å². The summed E-state index contributed by atoms with van der Waals surface area (Å²) < 4.78 is 2.98. The van der Waals surface area contributed by atoms with Gasteiger partial charge in [-0.05, 0) is 61.9 Å². The van der Waals surface area contributed by atoms with Crippen molar-refractivity contribution in [3.8, 4) is 11.8 Å². The highest BCUT2D eigenvalue weighted by molar-refractivity contribution is 9.10. The van der Waals surface area contributed by atoms with Crippen LogP contribution in [0.15, 0.2) is 58.6 Å². The number of aryl methyl sites for hydroxylation is 1. The molecule has 0 unspecified atom stereocenters. The van der Waals surface area contributed by atoms with Gasteiger partial charge in [-0.25, -0.2) is 0 Å². The molecule has 0 radical (unpaired) electrons. The molecule has 1 heterocycles. The lowest BCUT2D eigenvalue weighted by molar-refractivity contribution is -0.384. The molecule has 3 aromatic rings. The Morgan fingerprint density at radius 3 is 2.52 bits per heavy atom.